The predicted molar refractivity (Wildman–Crippen MR) is 102 cm³/mol. The van der Waals surface area contributed by atoms with Crippen molar-refractivity contribution in [3.8, 4) is 5.75 Å². The highest BCUT2D eigenvalue weighted by Crippen LogP contribution is 2.25. The number of ether oxygens (including phenoxy) is 1. The van der Waals surface area contributed by atoms with E-state index in [0.717, 1.165) is 12.8 Å². The first-order chi connectivity index (χ1) is 12.5. The van der Waals surface area contributed by atoms with Crippen LogP contribution in [0.4, 0.5) is 0 Å². The standard InChI is InChI=1S/C19H30N2O4S/c1-3-4-5-6-13-20-19(22)16-11-14-21(15-12-16)26(23,24)18-9-7-17(25-2)8-10-18/h7-10,16H,3-6,11-15H2,1-2H3,(H,20,22). The minimum Gasteiger partial charge on any atom is -0.497 e. The van der Waals surface area contributed by atoms with E-state index < -0.39 is 10.0 Å². The van der Waals surface area contributed by atoms with E-state index in [1.807, 2.05) is 0 Å². The number of rotatable bonds is 9. The molecule has 0 atom stereocenters. The third-order valence-electron chi connectivity index (χ3n) is 4.85. The molecule has 7 heteroatoms. The molecule has 1 aliphatic heterocycles. The number of methoxy groups -OCH3 is 1. The molecule has 1 aromatic carbocycles. The Hall–Kier alpha value is -1.60. The Bertz CT molecular complexity index is 665. The second kappa shape index (κ2) is 9.92. The number of unbranched alkanes of at least 4 members (excludes halogenated alkanes) is 3. The normalized spacial score (nSPS) is 16.4. The van der Waals surface area contributed by atoms with E-state index in [1.165, 1.54) is 17.1 Å². The van der Waals surface area contributed by atoms with Crippen LogP contribution in [0.1, 0.15) is 45.4 Å². The first-order valence-electron chi connectivity index (χ1n) is 9.41. The first kappa shape index (κ1) is 20.7. The summed E-state index contributed by atoms with van der Waals surface area (Å²) < 4.78 is 32.0. The lowest BCUT2D eigenvalue weighted by molar-refractivity contribution is -0.126. The Labute approximate surface area is 157 Å². The van der Waals surface area contributed by atoms with Crippen molar-refractivity contribution in [1.82, 2.24) is 9.62 Å². The molecular formula is C19H30N2O4S. The molecule has 0 saturated carbocycles. The topological polar surface area (TPSA) is 75.7 Å². The van der Waals surface area contributed by atoms with E-state index in [1.54, 1.807) is 31.4 Å². The van der Waals surface area contributed by atoms with Gasteiger partial charge in [-0.1, -0.05) is 26.2 Å². The van der Waals surface area contributed by atoms with Gasteiger partial charge in [0, 0.05) is 25.6 Å². The van der Waals surface area contributed by atoms with Crippen molar-refractivity contribution in [3.63, 3.8) is 0 Å². The van der Waals surface area contributed by atoms with Gasteiger partial charge in [-0.3, -0.25) is 4.79 Å². The minimum absolute atomic E-state index is 0.0583. The number of nitrogens with one attached hydrogen (secondary N) is 1. The van der Waals surface area contributed by atoms with Crippen LogP contribution < -0.4 is 10.1 Å². The third-order valence-corrected chi connectivity index (χ3v) is 6.76. The van der Waals surface area contributed by atoms with Crippen molar-refractivity contribution in [2.45, 2.75) is 50.3 Å². The lowest BCUT2D eigenvalue weighted by Crippen LogP contribution is -2.43. The van der Waals surface area contributed by atoms with E-state index in [0.29, 0.717) is 38.2 Å². The monoisotopic (exact) mass is 382 g/mol. The minimum atomic E-state index is -3.52. The van der Waals surface area contributed by atoms with Crippen molar-refractivity contribution in [2.24, 2.45) is 5.92 Å². The van der Waals surface area contributed by atoms with Crippen molar-refractivity contribution >= 4 is 15.9 Å². The molecule has 1 heterocycles. The van der Waals surface area contributed by atoms with Gasteiger partial charge in [-0.25, -0.2) is 8.42 Å². The highest BCUT2D eigenvalue weighted by atomic mass is 32.2. The molecule has 146 valence electrons. The van der Waals surface area contributed by atoms with Crippen molar-refractivity contribution in [1.29, 1.82) is 0 Å². The molecule has 0 radical (unpaired) electrons. The van der Waals surface area contributed by atoms with Crippen molar-refractivity contribution in [2.75, 3.05) is 26.7 Å². The molecule has 1 fully saturated rings. The van der Waals surface area contributed by atoms with Gasteiger partial charge >= 0.3 is 0 Å². The maximum Gasteiger partial charge on any atom is 0.243 e. The van der Waals surface area contributed by atoms with Crippen LogP contribution >= 0.6 is 0 Å². The lowest BCUT2D eigenvalue weighted by Gasteiger charge is -2.30. The van der Waals surface area contributed by atoms with Gasteiger partial charge in [-0.2, -0.15) is 4.31 Å². The van der Waals surface area contributed by atoms with Crippen molar-refractivity contribution < 1.29 is 17.9 Å². The van der Waals surface area contributed by atoms with E-state index in [-0.39, 0.29) is 16.7 Å². The fourth-order valence-electron chi connectivity index (χ4n) is 3.16. The maximum atomic E-state index is 12.7. The van der Waals surface area contributed by atoms with Gasteiger partial charge in [0.25, 0.3) is 0 Å². The number of benzene rings is 1. The van der Waals surface area contributed by atoms with Crippen LogP contribution in [0, 0.1) is 5.92 Å². The number of sulfonamides is 1. The zero-order valence-electron chi connectivity index (χ0n) is 15.7. The van der Waals surface area contributed by atoms with E-state index in [2.05, 4.69) is 12.2 Å². The van der Waals surface area contributed by atoms with E-state index >= 15 is 0 Å². The molecule has 2 rings (SSSR count). The van der Waals surface area contributed by atoms with Gasteiger partial charge in [-0.15, -0.1) is 0 Å². The summed E-state index contributed by atoms with van der Waals surface area (Å²) in [5.74, 6) is 0.588. The number of piperidine rings is 1. The van der Waals surface area contributed by atoms with Crippen LogP contribution in [0.5, 0.6) is 5.75 Å². The van der Waals surface area contributed by atoms with E-state index in [9.17, 15) is 13.2 Å². The van der Waals surface area contributed by atoms with Crippen molar-refractivity contribution in [3.05, 3.63) is 24.3 Å². The average Bonchev–Trinajstić information content (AvgIpc) is 2.67. The molecule has 1 amide bonds. The Morgan fingerprint density at radius 2 is 1.81 bits per heavy atom. The Morgan fingerprint density at radius 1 is 1.15 bits per heavy atom. The fraction of sp³-hybridized carbons (Fsp3) is 0.632. The van der Waals surface area contributed by atoms with Crippen LogP contribution in [0.2, 0.25) is 0 Å². The van der Waals surface area contributed by atoms with Gasteiger partial charge < -0.3 is 10.1 Å². The molecule has 6 nitrogen and oxygen atoms in total. The maximum absolute atomic E-state index is 12.7. The summed E-state index contributed by atoms with van der Waals surface area (Å²) in [4.78, 5) is 12.5. The van der Waals surface area contributed by atoms with Gasteiger partial charge in [0.15, 0.2) is 0 Å². The number of carbonyl (C=O) groups is 1. The summed E-state index contributed by atoms with van der Waals surface area (Å²) in [6.45, 7) is 3.63. The quantitative estimate of drug-likeness (QED) is 0.667. The molecule has 1 N–H and O–H groups in total. The molecule has 0 aliphatic carbocycles. The van der Waals surface area contributed by atoms with Crippen LogP contribution in [0.15, 0.2) is 29.2 Å². The Morgan fingerprint density at radius 3 is 2.38 bits per heavy atom. The SMILES string of the molecule is CCCCCCNC(=O)C1CCN(S(=O)(=O)c2ccc(OC)cc2)CC1. The number of amides is 1. The third kappa shape index (κ3) is 5.45. The predicted octanol–water partition coefficient (Wildman–Crippen LogP) is 2.79. The number of carbonyl (C=O) groups excluding carboxylic acids is 1. The fourth-order valence-corrected chi connectivity index (χ4v) is 4.63. The second-order valence-electron chi connectivity index (χ2n) is 6.71. The van der Waals surface area contributed by atoms with Crippen LogP contribution in [-0.2, 0) is 14.8 Å². The molecule has 1 aliphatic rings. The smallest absolute Gasteiger partial charge is 0.243 e. The molecule has 0 bridgehead atoms. The number of hydrogen-bond acceptors (Lipinski definition) is 4. The molecule has 0 unspecified atom stereocenters. The summed E-state index contributed by atoms with van der Waals surface area (Å²) in [7, 11) is -1.97. The lowest BCUT2D eigenvalue weighted by atomic mass is 9.97. The zero-order chi connectivity index (χ0) is 19.0. The van der Waals surface area contributed by atoms with Crippen LogP contribution in [-0.4, -0.2) is 45.4 Å². The number of nitrogens with zero attached hydrogens (tertiary/aromatic N) is 1. The van der Waals surface area contributed by atoms with E-state index in [4.69, 9.17) is 4.74 Å². The summed E-state index contributed by atoms with van der Waals surface area (Å²) in [5, 5.41) is 2.99. The summed E-state index contributed by atoms with van der Waals surface area (Å²) in [5.41, 5.74) is 0. The summed E-state index contributed by atoms with van der Waals surface area (Å²) in [6.07, 6.45) is 5.64. The van der Waals surface area contributed by atoms with Gasteiger partial charge in [-0.05, 0) is 43.5 Å². The molecule has 1 saturated heterocycles. The zero-order valence-corrected chi connectivity index (χ0v) is 16.6. The highest BCUT2D eigenvalue weighted by molar-refractivity contribution is 7.89. The Balaban J connectivity index is 1.83. The first-order valence-corrected chi connectivity index (χ1v) is 10.8. The molecule has 0 aromatic heterocycles. The van der Waals surface area contributed by atoms with Gasteiger partial charge in [0.1, 0.15) is 5.75 Å². The molecule has 1 aromatic rings. The molecular weight excluding hydrogens is 352 g/mol. The average molecular weight is 383 g/mol. The van der Waals surface area contributed by atoms with Crippen LogP contribution in [0.3, 0.4) is 0 Å². The van der Waals surface area contributed by atoms with Gasteiger partial charge in [0.05, 0.1) is 12.0 Å². The summed E-state index contributed by atoms with van der Waals surface area (Å²) >= 11 is 0. The number of hydrogen-bond donors (Lipinski definition) is 1. The Kier molecular flexibility index (Phi) is 7.90. The highest BCUT2D eigenvalue weighted by Gasteiger charge is 2.31. The largest absolute Gasteiger partial charge is 0.497 e. The van der Waals surface area contributed by atoms with Gasteiger partial charge in [0.2, 0.25) is 15.9 Å². The summed E-state index contributed by atoms with van der Waals surface area (Å²) in [6, 6.07) is 6.41. The second-order valence-corrected chi connectivity index (χ2v) is 8.64. The van der Waals surface area contributed by atoms with Crippen LogP contribution in [0.25, 0.3) is 0 Å². The molecule has 0 spiro atoms. The molecule has 26 heavy (non-hydrogen) atoms.